The van der Waals surface area contributed by atoms with Crippen molar-refractivity contribution in [1.82, 2.24) is 9.97 Å². The molecule has 1 heterocycles. The van der Waals surface area contributed by atoms with Crippen molar-refractivity contribution in [2.24, 2.45) is 0 Å². The summed E-state index contributed by atoms with van der Waals surface area (Å²) in [6.45, 7) is 2.67. The van der Waals surface area contributed by atoms with Gasteiger partial charge in [0.15, 0.2) is 5.82 Å². The molecule has 0 fully saturated rings. The maximum Gasteiger partial charge on any atom is 0.163 e. The molecule has 3 aromatic rings. The highest BCUT2D eigenvalue weighted by Gasteiger charge is 2.07. The summed E-state index contributed by atoms with van der Waals surface area (Å²) >= 11 is 6.06. The van der Waals surface area contributed by atoms with Crippen LogP contribution in [0.1, 0.15) is 11.1 Å². The maximum absolute atomic E-state index is 13.4. The lowest BCUT2D eigenvalue weighted by atomic mass is 10.1. The Balaban J connectivity index is 1.81. The standard InChI is InChI=1S/C18H15ClFN3/c1-12-5-7-13(8-6-12)11-21-17-10-16(19)22-18(23-17)14-3-2-4-15(20)9-14/h2-10H,11H2,1H3,(H,21,22,23). The quantitative estimate of drug-likeness (QED) is 0.696. The number of aryl methyl sites for hydroxylation is 1. The van der Waals surface area contributed by atoms with Gasteiger partial charge in [0.1, 0.15) is 16.8 Å². The van der Waals surface area contributed by atoms with Crippen molar-refractivity contribution in [3.8, 4) is 11.4 Å². The van der Waals surface area contributed by atoms with Gasteiger partial charge in [0.25, 0.3) is 0 Å². The third-order valence-corrected chi connectivity index (χ3v) is 3.57. The van der Waals surface area contributed by atoms with Gasteiger partial charge in [0.2, 0.25) is 0 Å². The Kier molecular flexibility index (Phi) is 4.53. The Morgan fingerprint density at radius 3 is 2.57 bits per heavy atom. The monoisotopic (exact) mass is 327 g/mol. The number of halogens is 2. The smallest absolute Gasteiger partial charge is 0.163 e. The number of nitrogens with zero attached hydrogens (tertiary/aromatic N) is 2. The molecule has 1 aromatic heterocycles. The normalized spacial score (nSPS) is 10.6. The van der Waals surface area contributed by atoms with Crippen LogP contribution in [0.25, 0.3) is 11.4 Å². The zero-order chi connectivity index (χ0) is 16.2. The number of nitrogens with one attached hydrogen (secondary N) is 1. The van der Waals surface area contributed by atoms with Crippen LogP contribution in [-0.4, -0.2) is 9.97 Å². The fourth-order valence-corrected chi connectivity index (χ4v) is 2.35. The molecule has 3 nitrogen and oxygen atoms in total. The lowest BCUT2D eigenvalue weighted by molar-refractivity contribution is 0.628. The van der Waals surface area contributed by atoms with E-state index < -0.39 is 0 Å². The van der Waals surface area contributed by atoms with Crippen LogP contribution in [0, 0.1) is 12.7 Å². The van der Waals surface area contributed by atoms with E-state index in [2.05, 4.69) is 39.6 Å². The van der Waals surface area contributed by atoms with Crippen LogP contribution in [0.4, 0.5) is 10.2 Å². The summed E-state index contributed by atoms with van der Waals surface area (Å²) in [5.41, 5.74) is 2.94. The molecule has 0 spiro atoms. The predicted octanol–water partition coefficient (Wildman–Crippen LogP) is 4.86. The van der Waals surface area contributed by atoms with E-state index >= 15 is 0 Å². The van der Waals surface area contributed by atoms with Crippen LogP contribution in [0.15, 0.2) is 54.6 Å². The number of rotatable bonds is 4. The molecule has 0 saturated carbocycles. The van der Waals surface area contributed by atoms with Gasteiger partial charge < -0.3 is 5.32 Å². The SMILES string of the molecule is Cc1ccc(CNc2cc(Cl)nc(-c3cccc(F)c3)n2)cc1. The molecule has 0 unspecified atom stereocenters. The molecular formula is C18H15ClFN3. The molecule has 0 atom stereocenters. The van der Waals surface area contributed by atoms with Crippen LogP contribution >= 0.6 is 11.6 Å². The topological polar surface area (TPSA) is 37.8 Å². The van der Waals surface area contributed by atoms with Gasteiger partial charge in [0.05, 0.1) is 0 Å². The summed E-state index contributed by atoms with van der Waals surface area (Å²) in [4.78, 5) is 8.56. The fraction of sp³-hybridized carbons (Fsp3) is 0.111. The molecule has 0 radical (unpaired) electrons. The van der Waals surface area contributed by atoms with E-state index in [1.54, 1.807) is 18.2 Å². The highest BCUT2D eigenvalue weighted by atomic mass is 35.5. The third-order valence-electron chi connectivity index (χ3n) is 3.37. The van der Waals surface area contributed by atoms with Crippen molar-refractivity contribution < 1.29 is 4.39 Å². The van der Waals surface area contributed by atoms with E-state index in [-0.39, 0.29) is 5.82 Å². The van der Waals surface area contributed by atoms with Crippen LogP contribution in [0.3, 0.4) is 0 Å². The van der Waals surface area contributed by atoms with E-state index in [0.717, 1.165) is 5.56 Å². The average Bonchev–Trinajstić information content (AvgIpc) is 2.54. The van der Waals surface area contributed by atoms with Gasteiger partial charge in [0, 0.05) is 18.2 Å². The molecule has 3 rings (SSSR count). The van der Waals surface area contributed by atoms with E-state index in [0.29, 0.717) is 28.9 Å². The summed E-state index contributed by atoms with van der Waals surface area (Å²) in [5.74, 6) is 0.661. The molecule has 0 aliphatic rings. The minimum atomic E-state index is -0.333. The molecule has 1 N–H and O–H groups in total. The zero-order valence-electron chi connectivity index (χ0n) is 12.6. The Labute approximate surface area is 139 Å². The average molecular weight is 328 g/mol. The van der Waals surface area contributed by atoms with Crippen LogP contribution in [0.2, 0.25) is 5.15 Å². The summed E-state index contributed by atoms with van der Waals surface area (Å²) in [5, 5.41) is 3.53. The molecule has 0 aliphatic heterocycles. The van der Waals surface area contributed by atoms with Gasteiger partial charge in [-0.25, -0.2) is 14.4 Å². The highest BCUT2D eigenvalue weighted by Crippen LogP contribution is 2.21. The molecule has 116 valence electrons. The zero-order valence-corrected chi connectivity index (χ0v) is 13.3. The first-order valence-corrected chi connectivity index (χ1v) is 7.58. The lowest BCUT2D eigenvalue weighted by Gasteiger charge is -2.08. The fourth-order valence-electron chi connectivity index (χ4n) is 2.16. The first-order valence-electron chi connectivity index (χ1n) is 7.20. The molecule has 0 aliphatic carbocycles. The second-order valence-electron chi connectivity index (χ2n) is 5.25. The van der Waals surface area contributed by atoms with Gasteiger partial charge in [-0.2, -0.15) is 0 Å². The van der Waals surface area contributed by atoms with Crippen molar-refractivity contribution in [2.75, 3.05) is 5.32 Å². The minimum absolute atomic E-state index is 0.311. The van der Waals surface area contributed by atoms with Gasteiger partial charge in [-0.05, 0) is 24.6 Å². The minimum Gasteiger partial charge on any atom is -0.366 e. The molecule has 0 bridgehead atoms. The van der Waals surface area contributed by atoms with Crippen molar-refractivity contribution in [1.29, 1.82) is 0 Å². The van der Waals surface area contributed by atoms with E-state index in [4.69, 9.17) is 11.6 Å². The number of hydrogen-bond acceptors (Lipinski definition) is 3. The summed E-state index contributed by atoms with van der Waals surface area (Å²) in [6.07, 6.45) is 0. The predicted molar refractivity (Wildman–Crippen MR) is 90.9 cm³/mol. The summed E-state index contributed by atoms with van der Waals surface area (Å²) < 4.78 is 13.4. The number of aromatic nitrogens is 2. The van der Waals surface area contributed by atoms with Crippen molar-refractivity contribution in [2.45, 2.75) is 13.5 Å². The second-order valence-corrected chi connectivity index (χ2v) is 5.64. The number of anilines is 1. The van der Waals surface area contributed by atoms with E-state index in [1.165, 1.54) is 17.7 Å². The number of hydrogen-bond donors (Lipinski definition) is 1. The first-order chi connectivity index (χ1) is 11.1. The molecule has 23 heavy (non-hydrogen) atoms. The second kappa shape index (κ2) is 6.75. The van der Waals surface area contributed by atoms with Gasteiger partial charge in [-0.3, -0.25) is 0 Å². The lowest BCUT2D eigenvalue weighted by Crippen LogP contribution is -2.03. The van der Waals surface area contributed by atoms with E-state index in [1.807, 2.05) is 6.92 Å². The van der Waals surface area contributed by atoms with Crippen LogP contribution in [-0.2, 0) is 6.54 Å². The Morgan fingerprint density at radius 1 is 1.04 bits per heavy atom. The van der Waals surface area contributed by atoms with E-state index in [9.17, 15) is 4.39 Å². The third kappa shape index (κ3) is 4.05. The Morgan fingerprint density at radius 2 is 1.83 bits per heavy atom. The highest BCUT2D eigenvalue weighted by molar-refractivity contribution is 6.29. The summed E-state index contributed by atoms with van der Waals surface area (Å²) in [7, 11) is 0. The first kappa shape index (κ1) is 15.4. The summed E-state index contributed by atoms with van der Waals surface area (Å²) in [6, 6.07) is 16.0. The van der Waals surface area contributed by atoms with Crippen LogP contribution < -0.4 is 5.32 Å². The largest absolute Gasteiger partial charge is 0.366 e. The molecule has 0 saturated heterocycles. The van der Waals surface area contributed by atoms with Crippen molar-refractivity contribution in [3.05, 3.63) is 76.7 Å². The Bertz CT molecular complexity index is 819. The molecular weight excluding hydrogens is 313 g/mol. The molecule has 5 heteroatoms. The van der Waals surface area contributed by atoms with Gasteiger partial charge in [-0.1, -0.05) is 53.6 Å². The van der Waals surface area contributed by atoms with Gasteiger partial charge >= 0.3 is 0 Å². The van der Waals surface area contributed by atoms with Gasteiger partial charge in [-0.15, -0.1) is 0 Å². The molecule has 0 amide bonds. The number of benzene rings is 2. The van der Waals surface area contributed by atoms with Crippen molar-refractivity contribution in [3.63, 3.8) is 0 Å². The maximum atomic E-state index is 13.4. The van der Waals surface area contributed by atoms with Crippen LogP contribution in [0.5, 0.6) is 0 Å². The Hall–Kier alpha value is -2.46. The molecule has 2 aromatic carbocycles. The van der Waals surface area contributed by atoms with Crippen molar-refractivity contribution >= 4 is 17.4 Å².